The molecule has 2 heterocycles. The van der Waals surface area contributed by atoms with Crippen LogP contribution in [-0.4, -0.2) is 49.1 Å². The van der Waals surface area contributed by atoms with Crippen molar-refractivity contribution >= 4 is 5.91 Å². The summed E-state index contributed by atoms with van der Waals surface area (Å²) in [6, 6.07) is 1.25. The van der Waals surface area contributed by atoms with E-state index in [-0.39, 0.29) is 11.9 Å². The predicted molar refractivity (Wildman–Crippen MR) is 78.1 cm³/mol. The van der Waals surface area contributed by atoms with E-state index in [0.29, 0.717) is 12.0 Å². The van der Waals surface area contributed by atoms with Crippen molar-refractivity contribution < 1.29 is 4.79 Å². The molecule has 1 amide bonds. The van der Waals surface area contributed by atoms with Gasteiger partial charge in [-0.2, -0.15) is 0 Å². The molecule has 0 spiro atoms. The Morgan fingerprint density at radius 3 is 2.79 bits per heavy atom. The van der Waals surface area contributed by atoms with E-state index < -0.39 is 0 Å². The third-order valence-corrected chi connectivity index (χ3v) is 4.53. The molecule has 0 saturated carbocycles. The average Bonchev–Trinajstić information content (AvgIpc) is 2.84. The maximum Gasteiger partial charge on any atom is 0.236 e. The number of nitrogens with zero attached hydrogens (tertiary/aromatic N) is 1. The minimum absolute atomic E-state index is 0.0250. The highest BCUT2D eigenvalue weighted by Crippen LogP contribution is 2.27. The van der Waals surface area contributed by atoms with Crippen LogP contribution in [0.3, 0.4) is 0 Å². The van der Waals surface area contributed by atoms with Gasteiger partial charge in [-0.15, -0.1) is 0 Å². The van der Waals surface area contributed by atoms with Gasteiger partial charge in [0.2, 0.25) is 5.91 Å². The summed E-state index contributed by atoms with van der Waals surface area (Å²) in [5.74, 6) is 0.684. The molecule has 0 aromatic carbocycles. The van der Waals surface area contributed by atoms with E-state index in [1.165, 1.54) is 38.8 Å². The summed E-state index contributed by atoms with van der Waals surface area (Å²) in [4.78, 5) is 14.6. The quantitative estimate of drug-likeness (QED) is 0.790. The Bertz CT molecular complexity index is 306. The smallest absolute Gasteiger partial charge is 0.236 e. The van der Waals surface area contributed by atoms with E-state index in [2.05, 4.69) is 29.4 Å². The van der Waals surface area contributed by atoms with E-state index in [1.807, 2.05) is 0 Å². The number of hydrogen-bond donors (Lipinski definition) is 2. The summed E-state index contributed by atoms with van der Waals surface area (Å²) in [6.07, 6.45) is 6.01. The van der Waals surface area contributed by atoms with Crippen LogP contribution in [0.15, 0.2) is 0 Å². The zero-order valence-electron chi connectivity index (χ0n) is 12.6. The number of rotatable bonds is 5. The van der Waals surface area contributed by atoms with E-state index in [9.17, 15) is 4.79 Å². The first-order valence-corrected chi connectivity index (χ1v) is 7.81. The Balaban J connectivity index is 1.87. The van der Waals surface area contributed by atoms with Gasteiger partial charge in [0, 0.05) is 19.1 Å². The highest BCUT2D eigenvalue weighted by atomic mass is 16.2. The SMILES string of the molecule is CNC(=O)C(CC(C)C)NC1CCN2CCCC2C1. The normalized spacial score (nSPS) is 29.3. The molecule has 2 fully saturated rings. The fourth-order valence-electron chi connectivity index (χ4n) is 3.56. The first kappa shape index (κ1) is 14.8. The molecule has 2 N–H and O–H groups in total. The van der Waals surface area contributed by atoms with E-state index in [4.69, 9.17) is 0 Å². The van der Waals surface area contributed by atoms with Crippen molar-refractivity contribution in [2.45, 2.75) is 64.1 Å². The van der Waals surface area contributed by atoms with Crippen molar-refractivity contribution in [1.82, 2.24) is 15.5 Å². The summed E-state index contributed by atoms with van der Waals surface area (Å²) in [5, 5.41) is 6.41. The molecule has 0 aliphatic carbocycles. The number of nitrogens with one attached hydrogen (secondary N) is 2. The van der Waals surface area contributed by atoms with Crippen LogP contribution >= 0.6 is 0 Å². The Morgan fingerprint density at radius 1 is 1.32 bits per heavy atom. The van der Waals surface area contributed by atoms with Gasteiger partial charge in [0.15, 0.2) is 0 Å². The fraction of sp³-hybridized carbons (Fsp3) is 0.933. The maximum atomic E-state index is 12.0. The second-order valence-electron chi connectivity index (χ2n) is 6.52. The second-order valence-corrected chi connectivity index (χ2v) is 6.52. The molecular formula is C15H29N3O. The van der Waals surface area contributed by atoms with Crippen molar-refractivity contribution in [3.05, 3.63) is 0 Å². The van der Waals surface area contributed by atoms with Gasteiger partial charge in [-0.05, 0) is 51.1 Å². The molecular weight excluding hydrogens is 238 g/mol. The van der Waals surface area contributed by atoms with Gasteiger partial charge in [-0.3, -0.25) is 4.79 Å². The molecule has 0 radical (unpaired) electrons. The first-order chi connectivity index (χ1) is 9.10. The van der Waals surface area contributed by atoms with Crippen molar-refractivity contribution in [3.8, 4) is 0 Å². The van der Waals surface area contributed by atoms with Gasteiger partial charge in [-0.25, -0.2) is 0 Å². The lowest BCUT2D eigenvalue weighted by atomic mass is 9.95. The molecule has 2 aliphatic heterocycles. The number of piperidine rings is 1. The van der Waals surface area contributed by atoms with Crippen LogP contribution in [0.4, 0.5) is 0 Å². The van der Waals surface area contributed by atoms with Gasteiger partial charge in [0.1, 0.15) is 0 Å². The first-order valence-electron chi connectivity index (χ1n) is 7.81. The van der Waals surface area contributed by atoms with Crippen LogP contribution in [-0.2, 0) is 4.79 Å². The Labute approximate surface area is 117 Å². The molecule has 110 valence electrons. The molecule has 0 aromatic rings. The molecule has 4 nitrogen and oxygen atoms in total. The Kier molecular flexibility index (Phi) is 5.22. The molecule has 3 atom stereocenters. The van der Waals surface area contributed by atoms with Crippen LogP contribution in [0, 0.1) is 5.92 Å². The summed E-state index contributed by atoms with van der Waals surface area (Å²) in [7, 11) is 1.73. The number of likely N-dealkylation sites (N-methyl/N-ethyl adjacent to an activating group) is 1. The second kappa shape index (κ2) is 6.71. The number of amides is 1. The number of hydrogen-bond acceptors (Lipinski definition) is 3. The standard InChI is InChI=1S/C15H29N3O/c1-11(2)9-14(15(19)16-3)17-12-6-8-18-7-4-5-13(18)10-12/h11-14,17H,4-10H2,1-3H3,(H,16,19). The zero-order valence-corrected chi connectivity index (χ0v) is 12.6. The monoisotopic (exact) mass is 267 g/mol. The van der Waals surface area contributed by atoms with Crippen LogP contribution in [0.25, 0.3) is 0 Å². The molecule has 0 bridgehead atoms. The largest absolute Gasteiger partial charge is 0.358 e. The summed E-state index contributed by atoms with van der Waals surface area (Å²) < 4.78 is 0. The maximum absolute atomic E-state index is 12.0. The highest BCUT2D eigenvalue weighted by molar-refractivity contribution is 5.81. The van der Waals surface area contributed by atoms with Gasteiger partial charge in [0.05, 0.1) is 6.04 Å². The molecule has 0 aromatic heterocycles. The third kappa shape index (κ3) is 3.93. The molecule has 4 heteroatoms. The van der Waals surface area contributed by atoms with Crippen molar-refractivity contribution in [1.29, 1.82) is 0 Å². The van der Waals surface area contributed by atoms with Crippen molar-refractivity contribution in [2.75, 3.05) is 20.1 Å². The minimum atomic E-state index is -0.0250. The molecule has 19 heavy (non-hydrogen) atoms. The lowest BCUT2D eigenvalue weighted by Gasteiger charge is -2.37. The van der Waals surface area contributed by atoms with E-state index in [0.717, 1.165) is 12.5 Å². The summed E-state index contributed by atoms with van der Waals surface area (Å²) in [5.41, 5.74) is 0. The van der Waals surface area contributed by atoms with E-state index in [1.54, 1.807) is 7.05 Å². The van der Waals surface area contributed by atoms with Crippen LogP contribution in [0.1, 0.15) is 46.0 Å². The predicted octanol–water partition coefficient (Wildman–Crippen LogP) is 1.36. The van der Waals surface area contributed by atoms with Crippen molar-refractivity contribution in [2.24, 2.45) is 5.92 Å². The average molecular weight is 267 g/mol. The topological polar surface area (TPSA) is 44.4 Å². The van der Waals surface area contributed by atoms with Crippen LogP contribution in [0.2, 0.25) is 0 Å². The van der Waals surface area contributed by atoms with Gasteiger partial charge in [-0.1, -0.05) is 13.8 Å². The third-order valence-electron chi connectivity index (χ3n) is 4.53. The Hall–Kier alpha value is -0.610. The molecule has 2 aliphatic rings. The van der Waals surface area contributed by atoms with Crippen LogP contribution < -0.4 is 10.6 Å². The lowest BCUT2D eigenvalue weighted by molar-refractivity contribution is -0.123. The van der Waals surface area contributed by atoms with Gasteiger partial charge < -0.3 is 15.5 Å². The lowest BCUT2D eigenvalue weighted by Crippen LogP contribution is -2.53. The van der Waals surface area contributed by atoms with Gasteiger partial charge >= 0.3 is 0 Å². The minimum Gasteiger partial charge on any atom is -0.358 e. The highest BCUT2D eigenvalue weighted by Gasteiger charge is 2.33. The van der Waals surface area contributed by atoms with Gasteiger partial charge in [0.25, 0.3) is 0 Å². The Morgan fingerprint density at radius 2 is 2.11 bits per heavy atom. The number of fused-ring (bicyclic) bond motifs is 1. The zero-order chi connectivity index (χ0) is 13.8. The number of carbonyl (C=O) groups is 1. The van der Waals surface area contributed by atoms with Crippen LogP contribution in [0.5, 0.6) is 0 Å². The fourth-order valence-corrected chi connectivity index (χ4v) is 3.56. The van der Waals surface area contributed by atoms with E-state index >= 15 is 0 Å². The summed E-state index contributed by atoms with van der Waals surface area (Å²) in [6.45, 7) is 6.83. The van der Waals surface area contributed by atoms with Crippen molar-refractivity contribution in [3.63, 3.8) is 0 Å². The number of carbonyl (C=O) groups excluding carboxylic acids is 1. The molecule has 2 rings (SSSR count). The molecule has 2 saturated heterocycles. The summed E-state index contributed by atoms with van der Waals surface area (Å²) >= 11 is 0. The molecule has 3 unspecified atom stereocenters.